The van der Waals surface area contributed by atoms with E-state index >= 15 is 0 Å². The van der Waals surface area contributed by atoms with Crippen LogP contribution in [0.5, 0.6) is 11.5 Å². The van der Waals surface area contributed by atoms with E-state index in [1.54, 1.807) is 47.8 Å². The SMILES string of the molecule is CCOc1cc(C2C(C(=O)c3cccs3)=C(O)C(=O)N2c2nnc(SCc3ccc(Cl)cc3Cl)s2)ccc1OCCC(C)C. The number of anilines is 1. The van der Waals surface area contributed by atoms with Crippen LogP contribution in [0.2, 0.25) is 10.0 Å². The summed E-state index contributed by atoms with van der Waals surface area (Å²) in [5, 5.41) is 22.8. The van der Waals surface area contributed by atoms with Gasteiger partial charge in [-0.05, 0) is 66.1 Å². The van der Waals surface area contributed by atoms with E-state index in [0.717, 1.165) is 12.0 Å². The van der Waals surface area contributed by atoms with Gasteiger partial charge in [0, 0.05) is 15.8 Å². The number of nitrogens with zero attached hydrogens (tertiary/aromatic N) is 3. The number of aromatic nitrogens is 2. The molecule has 0 spiro atoms. The highest BCUT2D eigenvalue weighted by atomic mass is 35.5. The summed E-state index contributed by atoms with van der Waals surface area (Å²) in [7, 11) is 0. The molecule has 2 aromatic heterocycles. The molecule has 0 fully saturated rings. The average Bonchev–Trinajstić information content (AvgIpc) is 3.74. The fraction of sp³-hybridized carbons (Fsp3) is 0.290. The summed E-state index contributed by atoms with van der Waals surface area (Å²) < 4.78 is 12.5. The number of ketones is 1. The number of Topliss-reactive ketones (excluding diaryl/α,β-unsaturated/α-hetero) is 1. The lowest BCUT2D eigenvalue weighted by Gasteiger charge is -2.25. The lowest BCUT2D eigenvalue weighted by molar-refractivity contribution is -0.117. The third-order valence-electron chi connectivity index (χ3n) is 6.70. The predicted octanol–water partition coefficient (Wildman–Crippen LogP) is 8.81. The summed E-state index contributed by atoms with van der Waals surface area (Å²) in [6.07, 6.45) is 0.871. The van der Waals surface area contributed by atoms with Gasteiger partial charge in [0.2, 0.25) is 10.9 Å². The van der Waals surface area contributed by atoms with Gasteiger partial charge in [0.05, 0.1) is 29.7 Å². The Kier molecular flexibility index (Phi) is 10.5. The second-order valence-corrected chi connectivity index (χ2v) is 14.2. The fourth-order valence-electron chi connectivity index (χ4n) is 4.51. The average molecular weight is 691 g/mol. The molecule has 0 saturated carbocycles. The van der Waals surface area contributed by atoms with Crippen LogP contribution in [0.15, 0.2) is 69.6 Å². The molecule has 0 bridgehead atoms. The first kappa shape index (κ1) is 32.3. The van der Waals surface area contributed by atoms with Gasteiger partial charge in [-0.25, -0.2) is 0 Å². The van der Waals surface area contributed by atoms with Gasteiger partial charge in [0.25, 0.3) is 5.91 Å². The quantitative estimate of drug-likeness (QED) is 0.0844. The summed E-state index contributed by atoms with van der Waals surface area (Å²) in [6, 6.07) is 13.0. The number of hydrogen-bond donors (Lipinski definition) is 1. The van der Waals surface area contributed by atoms with Crippen molar-refractivity contribution in [2.24, 2.45) is 5.92 Å². The Balaban J connectivity index is 1.50. The minimum absolute atomic E-state index is 0.0364. The Hall–Kier alpha value is -3.09. The maximum atomic E-state index is 13.7. The maximum absolute atomic E-state index is 13.7. The molecule has 2 aromatic carbocycles. The summed E-state index contributed by atoms with van der Waals surface area (Å²) in [5.74, 6) is 0.208. The molecule has 1 aliphatic rings. The van der Waals surface area contributed by atoms with Crippen molar-refractivity contribution in [3.63, 3.8) is 0 Å². The molecule has 5 rings (SSSR count). The molecular weight excluding hydrogens is 661 g/mol. The highest BCUT2D eigenvalue weighted by Gasteiger charge is 2.46. The first-order valence-electron chi connectivity index (χ1n) is 13.8. The molecule has 1 unspecified atom stereocenters. The lowest BCUT2D eigenvalue weighted by Crippen LogP contribution is -2.31. The number of aliphatic hydroxyl groups is 1. The van der Waals surface area contributed by atoms with E-state index in [1.807, 2.05) is 13.0 Å². The minimum Gasteiger partial charge on any atom is -0.503 e. The number of carbonyl (C=O) groups is 2. The van der Waals surface area contributed by atoms with E-state index in [-0.39, 0.29) is 10.7 Å². The Morgan fingerprint density at radius 3 is 2.64 bits per heavy atom. The number of rotatable bonds is 13. The molecule has 0 aliphatic carbocycles. The maximum Gasteiger partial charge on any atom is 0.296 e. The number of thiophene rings is 1. The van der Waals surface area contributed by atoms with Crippen LogP contribution in [0, 0.1) is 5.92 Å². The zero-order valence-corrected chi connectivity index (χ0v) is 28.0. The highest BCUT2D eigenvalue weighted by molar-refractivity contribution is 8.00. The summed E-state index contributed by atoms with van der Waals surface area (Å²) >= 11 is 16.2. The third kappa shape index (κ3) is 7.07. The predicted molar refractivity (Wildman–Crippen MR) is 177 cm³/mol. The molecular formula is C31H29Cl2N3O5S3. The van der Waals surface area contributed by atoms with Gasteiger partial charge in [-0.2, -0.15) is 0 Å². The van der Waals surface area contributed by atoms with Crippen molar-refractivity contribution < 1.29 is 24.2 Å². The van der Waals surface area contributed by atoms with Crippen LogP contribution < -0.4 is 14.4 Å². The van der Waals surface area contributed by atoms with E-state index in [1.165, 1.54) is 39.3 Å². The fourth-order valence-corrected chi connectivity index (χ4v) is 7.62. The largest absolute Gasteiger partial charge is 0.503 e. The van der Waals surface area contributed by atoms with E-state index in [4.69, 9.17) is 32.7 Å². The van der Waals surface area contributed by atoms with Crippen molar-refractivity contribution in [1.29, 1.82) is 0 Å². The number of amides is 1. The van der Waals surface area contributed by atoms with Crippen molar-refractivity contribution in [3.05, 3.63) is 91.3 Å². The Bertz CT molecular complexity index is 1690. The smallest absolute Gasteiger partial charge is 0.296 e. The van der Waals surface area contributed by atoms with Gasteiger partial charge in [-0.1, -0.05) is 78.3 Å². The van der Waals surface area contributed by atoms with Crippen LogP contribution >= 0.6 is 57.6 Å². The molecule has 8 nitrogen and oxygen atoms in total. The van der Waals surface area contributed by atoms with Gasteiger partial charge in [0.1, 0.15) is 0 Å². The standard InChI is InChI=1S/C31H29Cl2N3O5S3/c1-4-40-23-14-18(8-10-22(23)41-12-11-17(2)3)26-25(27(37)24-6-5-13-42-24)28(38)29(39)36(26)30-34-35-31(44-30)43-16-19-7-9-20(32)15-21(19)33/h5-10,13-15,17,26,38H,4,11-12,16H2,1-3H3. The monoisotopic (exact) mass is 689 g/mol. The molecule has 1 aliphatic heterocycles. The number of aliphatic hydroxyl groups excluding tert-OH is 1. The van der Waals surface area contributed by atoms with Gasteiger partial charge in [-0.3, -0.25) is 14.5 Å². The number of hydrogen-bond acceptors (Lipinski definition) is 10. The molecule has 0 saturated heterocycles. The number of benzene rings is 2. The van der Waals surface area contributed by atoms with Crippen LogP contribution in [0.1, 0.15) is 54.0 Å². The molecule has 1 atom stereocenters. The van der Waals surface area contributed by atoms with Crippen LogP contribution in [0.4, 0.5) is 5.13 Å². The molecule has 230 valence electrons. The first-order valence-corrected chi connectivity index (χ1v) is 17.3. The van der Waals surface area contributed by atoms with Crippen molar-refractivity contribution >= 4 is 74.5 Å². The molecule has 1 amide bonds. The number of thioether (sulfide) groups is 1. The molecule has 0 radical (unpaired) electrons. The van der Waals surface area contributed by atoms with Crippen LogP contribution in [0.25, 0.3) is 0 Å². The Morgan fingerprint density at radius 2 is 1.93 bits per heavy atom. The second kappa shape index (κ2) is 14.3. The second-order valence-electron chi connectivity index (χ2n) is 10.2. The van der Waals surface area contributed by atoms with Gasteiger partial charge < -0.3 is 14.6 Å². The van der Waals surface area contributed by atoms with E-state index in [2.05, 4.69) is 24.0 Å². The van der Waals surface area contributed by atoms with Gasteiger partial charge >= 0.3 is 0 Å². The van der Waals surface area contributed by atoms with Crippen LogP contribution in [-0.2, 0) is 10.5 Å². The molecule has 4 aromatic rings. The zero-order chi connectivity index (χ0) is 31.4. The molecule has 1 N–H and O–H groups in total. The topological polar surface area (TPSA) is 102 Å². The zero-order valence-electron chi connectivity index (χ0n) is 24.1. The van der Waals surface area contributed by atoms with Crippen LogP contribution in [0.3, 0.4) is 0 Å². The van der Waals surface area contributed by atoms with Gasteiger partial charge in [0.15, 0.2) is 21.6 Å². The summed E-state index contributed by atoms with van der Waals surface area (Å²) in [6.45, 7) is 7.01. The third-order valence-corrected chi connectivity index (χ3v) is 10.3. The van der Waals surface area contributed by atoms with Crippen molar-refractivity contribution in [2.75, 3.05) is 18.1 Å². The highest BCUT2D eigenvalue weighted by Crippen LogP contribution is 2.46. The summed E-state index contributed by atoms with van der Waals surface area (Å²) in [4.78, 5) is 29.1. The van der Waals surface area contributed by atoms with E-state index in [0.29, 0.717) is 61.2 Å². The first-order chi connectivity index (χ1) is 21.2. The number of carbonyl (C=O) groups excluding carboxylic acids is 2. The molecule has 13 heteroatoms. The Morgan fingerprint density at radius 1 is 1.11 bits per heavy atom. The van der Waals surface area contributed by atoms with Crippen molar-refractivity contribution in [2.45, 2.75) is 43.3 Å². The van der Waals surface area contributed by atoms with Crippen LogP contribution in [-0.4, -0.2) is 40.2 Å². The van der Waals surface area contributed by atoms with Crippen molar-refractivity contribution in [3.8, 4) is 11.5 Å². The summed E-state index contributed by atoms with van der Waals surface area (Å²) in [5.41, 5.74) is 1.39. The molecule has 3 heterocycles. The van der Waals surface area contributed by atoms with Gasteiger partial charge in [-0.15, -0.1) is 21.5 Å². The number of halogens is 2. The lowest BCUT2D eigenvalue weighted by atomic mass is 9.95. The normalized spacial score (nSPS) is 15.0. The van der Waals surface area contributed by atoms with E-state index < -0.39 is 23.5 Å². The van der Waals surface area contributed by atoms with E-state index in [9.17, 15) is 14.7 Å². The van der Waals surface area contributed by atoms with Crippen molar-refractivity contribution in [1.82, 2.24) is 10.2 Å². The number of ether oxygens (including phenoxy) is 2. The Labute approximate surface area is 277 Å². The minimum atomic E-state index is -0.975. The molecule has 44 heavy (non-hydrogen) atoms.